The maximum Gasteiger partial charge on any atom is 0.276 e. The van der Waals surface area contributed by atoms with Crippen molar-refractivity contribution in [1.82, 2.24) is 10.9 Å². The molecule has 25 heavy (non-hydrogen) atoms. The molecule has 2 aromatic rings. The van der Waals surface area contributed by atoms with Gasteiger partial charge in [-0.2, -0.15) is 0 Å². The van der Waals surface area contributed by atoms with Gasteiger partial charge in [0.05, 0.1) is 10.2 Å². The van der Waals surface area contributed by atoms with E-state index < -0.39 is 17.6 Å². The van der Waals surface area contributed by atoms with Gasteiger partial charge in [-0.05, 0) is 46.3 Å². The molecule has 2 amide bonds. The zero-order valence-corrected chi connectivity index (χ0v) is 15.9. The number of nitrogens with one attached hydrogen (secondary N) is 2. The van der Waals surface area contributed by atoms with Gasteiger partial charge in [0.25, 0.3) is 5.91 Å². The quantitative estimate of drug-likeness (QED) is 0.525. The van der Waals surface area contributed by atoms with Crippen molar-refractivity contribution >= 4 is 51.1 Å². The molecule has 0 aliphatic heterocycles. The molecule has 0 aliphatic rings. The van der Waals surface area contributed by atoms with Crippen molar-refractivity contribution in [2.24, 2.45) is 0 Å². The van der Waals surface area contributed by atoms with Crippen LogP contribution in [0.15, 0.2) is 51.8 Å². The molecular formula is C16H13BrClFN2O3S. The summed E-state index contributed by atoms with van der Waals surface area (Å²) in [5, 5.41) is 0.531. The predicted octanol–water partition coefficient (Wildman–Crippen LogP) is 3.56. The van der Waals surface area contributed by atoms with Crippen molar-refractivity contribution in [3.63, 3.8) is 0 Å². The molecule has 0 radical (unpaired) electrons. The average molecular weight is 448 g/mol. The minimum Gasteiger partial charge on any atom is -0.483 e. The fraction of sp³-hybridized carbons (Fsp3) is 0.125. The average Bonchev–Trinajstić information content (AvgIpc) is 2.58. The van der Waals surface area contributed by atoms with Crippen LogP contribution < -0.4 is 15.6 Å². The number of carbonyl (C=O) groups is 2. The maximum absolute atomic E-state index is 13.4. The van der Waals surface area contributed by atoms with E-state index in [0.717, 1.165) is 11.8 Å². The van der Waals surface area contributed by atoms with Crippen LogP contribution in [-0.4, -0.2) is 24.2 Å². The summed E-state index contributed by atoms with van der Waals surface area (Å²) in [5.74, 6) is -0.988. The lowest BCUT2D eigenvalue weighted by Crippen LogP contribution is -2.44. The molecule has 0 aromatic heterocycles. The second-order valence-corrected chi connectivity index (χ2v) is 6.99. The van der Waals surface area contributed by atoms with E-state index in [2.05, 4.69) is 26.8 Å². The van der Waals surface area contributed by atoms with Gasteiger partial charge in [0, 0.05) is 9.92 Å². The van der Waals surface area contributed by atoms with Crippen LogP contribution in [0.25, 0.3) is 0 Å². The number of ether oxygens (including phenoxy) is 1. The second-order valence-electron chi connectivity index (χ2n) is 4.68. The van der Waals surface area contributed by atoms with Crippen molar-refractivity contribution in [2.45, 2.75) is 4.90 Å². The Morgan fingerprint density at radius 3 is 2.60 bits per heavy atom. The van der Waals surface area contributed by atoms with Gasteiger partial charge in [0.1, 0.15) is 11.6 Å². The highest BCUT2D eigenvalue weighted by atomic mass is 79.9. The lowest BCUT2D eigenvalue weighted by molar-refractivity contribution is -0.128. The Hall–Kier alpha value is -1.77. The number of rotatable bonds is 6. The Kier molecular flexibility index (Phi) is 7.54. The lowest BCUT2D eigenvalue weighted by Gasteiger charge is -2.10. The van der Waals surface area contributed by atoms with Crippen LogP contribution in [0, 0.1) is 5.82 Å². The largest absolute Gasteiger partial charge is 0.483 e. The molecule has 132 valence electrons. The number of halogens is 3. The number of thioether (sulfide) groups is 1. The Bertz CT molecular complexity index is 779. The molecule has 2 N–H and O–H groups in total. The number of hydrogen-bond acceptors (Lipinski definition) is 4. The highest BCUT2D eigenvalue weighted by Gasteiger charge is 2.09. The van der Waals surface area contributed by atoms with Crippen molar-refractivity contribution in [3.05, 3.63) is 57.8 Å². The molecular weight excluding hydrogens is 435 g/mol. The fourth-order valence-corrected chi connectivity index (χ4v) is 3.19. The predicted molar refractivity (Wildman–Crippen MR) is 98.1 cm³/mol. The van der Waals surface area contributed by atoms with Crippen LogP contribution in [0.5, 0.6) is 5.75 Å². The first kappa shape index (κ1) is 19.6. The number of benzene rings is 2. The third-order valence-corrected chi connectivity index (χ3v) is 4.69. The van der Waals surface area contributed by atoms with Crippen molar-refractivity contribution in [1.29, 1.82) is 0 Å². The van der Waals surface area contributed by atoms with Gasteiger partial charge in [0.2, 0.25) is 5.91 Å². The monoisotopic (exact) mass is 446 g/mol. The zero-order chi connectivity index (χ0) is 18.2. The Labute approximate surface area is 161 Å². The number of hydrazine groups is 1. The van der Waals surface area contributed by atoms with Crippen LogP contribution in [0.4, 0.5) is 4.39 Å². The van der Waals surface area contributed by atoms with Gasteiger partial charge in [-0.15, -0.1) is 11.8 Å². The summed E-state index contributed by atoms with van der Waals surface area (Å²) in [4.78, 5) is 23.7. The first-order chi connectivity index (χ1) is 12.0. The van der Waals surface area contributed by atoms with E-state index in [0.29, 0.717) is 20.1 Å². The summed E-state index contributed by atoms with van der Waals surface area (Å²) in [6.07, 6.45) is 0. The molecule has 0 spiro atoms. The van der Waals surface area contributed by atoms with Gasteiger partial charge in [0.15, 0.2) is 6.61 Å². The van der Waals surface area contributed by atoms with Gasteiger partial charge in [-0.25, -0.2) is 4.39 Å². The third-order valence-electron chi connectivity index (χ3n) is 2.79. The minimum atomic E-state index is -0.536. The molecule has 0 fully saturated rings. The van der Waals surface area contributed by atoms with Crippen LogP contribution in [0.3, 0.4) is 0 Å². The number of amides is 2. The summed E-state index contributed by atoms with van der Waals surface area (Å²) in [6.45, 7) is -0.291. The van der Waals surface area contributed by atoms with E-state index in [-0.39, 0.29) is 12.4 Å². The molecule has 0 unspecified atom stereocenters. The van der Waals surface area contributed by atoms with Crippen molar-refractivity contribution in [2.75, 3.05) is 12.4 Å². The number of hydrogen-bond donors (Lipinski definition) is 2. The van der Waals surface area contributed by atoms with Crippen LogP contribution in [0.1, 0.15) is 0 Å². The molecule has 5 nitrogen and oxygen atoms in total. The van der Waals surface area contributed by atoms with Gasteiger partial charge in [-0.3, -0.25) is 20.4 Å². The standard InChI is InChI=1S/C16H13BrClFN2O3S/c17-11-7-10(18)5-6-13(11)24-8-15(22)20-21-16(23)9-25-14-4-2-1-3-12(14)19/h1-7H,8-9H2,(H,20,22)(H,21,23). The summed E-state index contributed by atoms with van der Waals surface area (Å²) < 4.78 is 19.3. The van der Waals surface area contributed by atoms with E-state index in [1.807, 2.05) is 0 Å². The topological polar surface area (TPSA) is 67.4 Å². The highest BCUT2D eigenvalue weighted by Crippen LogP contribution is 2.27. The van der Waals surface area contributed by atoms with E-state index in [1.54, 1.807) is 36.4 Å². The first-order valence-corrected chi connectivity index (χ1v) is 9.14. The van der Waals surface area contributed by atoms with E-state index in [4.69, 9.17) is 16.3 Å². The molecule has 0 heterocycles. The van der Waals surface area contributed by atoms with E-state index in [9.17, 15) is 14.0 Å². The van der Waals surface area contributed by atoms with Gasteiger partial charge < -0.3 is 4.74 Å². The molecule has 0 saturated carbocycles. The normalized spacial score (nSPS) is 10.2. The Balaban J connectivity index is 1.70. The second kappa shape index (κ2) is 9.65. The van der Waals surface area contributed by atoms with Crippen molar-refractivity contribution in [3.8, 4) is 5.75 Å². The number of carbonyl (C=O) groups excluding carboxylic acids is 2. The van der Waals surface area contributed by atoms with Gasteiger partial charge in [-0.1, -0.05) is 23.7 Å². The Morgan fingerprint density at radius 1 is 1.16 bits per heavy atom. The molecule has 0 bridgehead atoms. The first-order valence-electron chi connectivity index (χ1n) is 6.98. The lowest BCUT2D eigenvalue weighted by atomic mass is 10.3. The molecule has 2 aromatic carbocycles. The van der Waals surface area contributed by atoms with Crippen molar-refractivity contribution < 1.29 is 18.7 Å². The maximum atomic E-state index is 13.4. The highest BCUT2D eigenvalue weighted by molar-refractivity contribution is 9.10. The van der Waals surface area contributed by atoms with Crippen LogP contribution >= 0.6 is 39.3 Å². The van der Waals surface area contributed by atoms with Gasteiger partial charge >= 0.3 is 0 Å². The minimum absolute atomic E-state index is 0.0369. The fourth-order valence-electron chi connectivity index (χ4n) is 1.65. The summed E-state index contributed by atoms with van der Waals surface area (Å²) in [5.41, 5.74) is 4.46. The van der Waals surface area contributed by atoms with Crippen LogP contribution in [-0.2, 0) is 9.59 Å². The molecule has 2 rings (SSSR count). The summed E-state index contributed by atoms with van der Waals surface area (Å²) in [6, 6.07) is 11.0. The molecule has 0 aliphatic carbocycles. The zero-order valence-electron chi connectivity index (χ0n) is 12.7. The van der Waals surface area contributed by atoms with E-state index in [1.165, 1.54) is 6.07 Å². The van der Waals surface area contributed by atoms with E-state index >= 15 is 0 Å². The Morgan fingerprint density at radius 2 is 1.88 bits per heavy atom. The smallest absolute Gasteiger partial charge is 0.276 e. The molecule has 0 atom stereocenters. The molecule has 9 heteroatoms. The third kappa shape index (κ3) is 6.56. The van der Waals surface area contributed by atoms with Crippen LogP contribution in [0.2, 0.25) is 5.02 Å². The SMILES string of the molecule is O=C(COc1ccc(Cl)cc1Br)NNC(=O)CSc1ccccc1F. The molecule has 0 saturated heterocycles. The summed E-state index contributed by atoms with van der Waals surface area (Å²) >= 11 is 10.1. The summed E-state index contributed by atoms with van der Waals surface area (Å²) in [7, 11) is 0.